The zero-order valence-corrected chi connectivity index (χ0v) is 13.3. The van der Waals surface area contributed by atoms with Crippen LogP contribution in [0.1, 0.15) is 31.2 Å². The highest BCUT2D eigenvalue weighted by Gasteiger charge is 2.36. The first-order valence-electron chi connectivity index (χ1n) is 7.17. The fraction of sp³-hybridized carbons (Fsp3) is 0.600. The lowest BCUT2D eigenvalue weighted by molar-refractivity contribution is -0.139. The van der Waals surface area contributed by atoms with Gasteiger partial charge in [0.25, 0.3) is 0 Å². The molecule has 6 heteroatoms. The standard InChI is InChI=1S/C15H19BrF3NO/c16-12-4-1-5-13(14(12)15(17,18)19)21-10-2-3-11-6-8-20-9-7-11/h1,4-5,11,20H,2-3,6-10H2. The van der Waals surface area contributed by atoms with E-state index in [1.54, 1.807) is 6.07 Å². The van der Waals surface area contributed by atoms with Gasteiger partial charge in [-0.25, -0.2) is 0 Å². The number of benzene rings is 1. The Labute approximate surface area is 131 Å². The molecule has 2 nitrogen and oxygen atoms in total. The summed E-state index contributed by atoms with van der Waals surface area (Å²) in [4.78, 5) is 0. The minimum atomic E-state index is -4.41. The second-order valence-electron chi connectivity index (χ2n) is 5.29. The molecule has 0 aliphatic carbocycles. The lowest BCUT2D eigenvalue weighted by Crippen LogP contribution is -2.27. The highest BCUT2D eigenvalue weighted by atomic mass is 79.9. The number of rotatable bonds is 5. The Balaban J connectivity index is 1.87. The van der Waals surface area contributed by atoms with Gasteiger partial charge in [0.05, 0.1) is 6.61 Å². The molecule has 0 spiro atoms. The molecule has 118 valence electrons. The van der Waals surface area contributed by atoms with Crippen LogP contribution in [-0.2, 0) is 6.18 Å². The minimum Gasteiger partial charge on any atom is -0.493 e. The molecule has 0 bridgehead atoms. The molecule has 1 saturated heterocycles. The van der Waals surface area contributed by atoms with Crippen molar-refractivity contribution < 1.29 is 17.9 Å². The van der Waals surface area contributed by atoms with Crippen LogP contribution in [0.15, 0.2) is 22.7 Å². The molecule has 1 heterocycles. The maximum atomic E-state index is 13.0. The van der Waals surface area contributed by atoms with Gasteiger partial charge in [-0.1, -0.05) is 22.0 Å². The molecular formula is C15H19BrF3NO. The van der Waals surface area contributed by atoms with Crippen molar-refractivity contribution in [3.8, 4) is 5.75 Å². The summed E-state index contributed by atoms with van der Waals surface area (Å²) < 4.78 is 44.4. The van der Waals surface area contributed by atoms with Crippen LogP contribution in [0.4, 0.5) is 13.2 Å². The Morgan fingerprint density at radius 3 is 2.62 bits per heavy atom. The third-order valence-corrected chi connectivity index (χ3v) is 4.39. The molecule has 1 aromatic rings. The Hall–Kier alpha value is -0.750. The van der Waals surface area contributed by atoms with Crippen molar-refractivity contribution in [2.75, 3.05) is 19.7 Å². The van der Waals surface area contributed by atoms with Crippen LogP contribution in [0, 0.1) is 5.92 Å². The number of alkyl halides is 3. The van der Waals surface area contributed by atoms with E-state index in [-0.39, 0.29) is 10.2 Å². The van der Waals surface area contributed by atoms with Gasteiger partial charge in [0.2, 0.25) is 0 Å². The maximum Gasteiger partial charge on any atom is 0.421 e. The van der Waals surface area contributed by atoms with Crippen LogP contribution in [0.5, 0.6) is 5.75 Å². The van der Waals surface area contributed by atoms with Gasteiger partial charge in [0, 0.05) is 4.47 Å². The molecule has 0 saturated carbocycles. The summed E-state index contributed by atoms with van der Waals surface area (Å²) in [7, 11) is 0. The first-order valence-corrected chi connectivity index (χ1v) is 7.97. The molecule has 0 aromatic heterocycles. The van der Waals surface area contributed by atoms with Crippen LogP contribution in [0.2, 0.25) is 0 Å². The highest BCUT2D eigenvalue weighted by Crippen LogP contribution is 2.41. The monoisotopic (exact) mass is 365 g/mol. The number of nitrogens with one attached hydrogen (secondary N) is 1. The van der Waals surface area contributed by atoms with Gasteiger partial charge in [0.15, 0.2) is 0 Å². The first-order chi connectivity index (χ1) is 9.98. The smallest absolute Gasteiger partial charge is 0.421 e. The molecule has 1 aliphatic rings. The molecule has 0 atom stereocenters. The third-order valence-electron chi connectivity index (χ3n) is 3.73. The molecule has 1 fully saturated rings. The van der Waals surface area contributed by atoms with Gasteiger partial charge in [-0.3, -0.25) is 0 Å². The summed E-state index contributed by atoms with van der Waals surface area (Å²) in [5.41, 5.74) is -0.730. The third kappa shape index (κ3) is 4.88. The molecule has 1 N–H and O–H groups in total. The average molecular weight is 366 g/mol. The fourth-order valence-electron chi connectivity index (χ4n) is 2.62. The maximum absolute atomic E-state index is 13.0. The van der Waals surface area contributed by atoms with Crippen LogP contribution >= 0.6 is 15.9 Å². The molecule has 0 unspecified atom stereocenters. The van der Waals surface area contributed by atoms with Gasteiger partial charge < -0.3 is 10.1 Å². The lowest BCUT2D eigenvalue weighted by Gasteiger charge is -2.22. The summed E-state index contributed by atoms with van der Waals surface area (Å²) in [6.07, 6.45) is -0.328. The molecule has 21 heavy (non-hydrogen) atoms. The van der Waals surface area contributed by atoms with Gasteiger partial charge in [0.1, 0.15) is 11.3 Å². The molecule has 1 aliphatic heterocycles. The first kappa shape index (κ1) is 16.6. The van der Waals surface area contributed by atoms with Crippen LogP contribution in [0.3, 0.4) is 0 Å². The molecule has 1 aromatic carbocycles. The summed E-state index contributed by atoms with van der Waals surface area (Å²) in [6.45, 7) is 2.40. The number of halogens is 4. The van der Waals surface area contributed by atoms with E-state index in [9.17, 15) is 13.2 Å². The van der Waals surface area contributed by atoms with Crippen molar-refractivity contribution in [2.45, 2.75) is 31.9 Å². The van der Waals surface area contributed by atoms with E-state index >= 15 is 0 Å². The van der Waals surface area contributed by atoms with E-state index < -0.39 is 11.7 Å². The summed E-state index contributed by atoms with van der Waals surface area (Å²) >= 11 is 2.95. The Morgan fingerprint density at radius 2 is 1.95 bits per heavy atom. The number of hydrogen-bond donors (Lipinski definition) is 1. The van der Waals surface area contributed by atoms with Gasteiger partial charge >= 0.3 is 6.18 Å². The quantitative estimate of drug-likeness (QED) is 0.768. The predicted molar refractivity (Wildman–Crippen MR) is 79.5 cm³/mol. The Bertz CT molecular complexity index is 459. The SMILES string of the molecule is FC(F)(F)c1c(Br)cccc1OCCCC1CCNCC1. The van der Waals surface area contributed by atoms with Crippen molar-refractivity contribution in [3.05, 3.63) is 28.2 Å². The molecule has 0 radical (unpaired) electrons. The minimum absolute atomic E-state index is 0.0193. The zero-order chi connectivity index (χ0) is 15.3. The van der Waals surface area contributed by atoms with Crippen LogP contribution in [-0.4, -0.2) is 19.7 Å². The van der Waals surface area contributed by atoms with E-state index in [0.717, 1.165) is 38.8 Å². The highest BCUT2D eigenvalue weighted by molar-refractivity contribution is 9.10. The molecular weight excluding hydrogens is 347 g/mol. The zero-order valence-electron chi connectivity index (χ0n) is 11.7. The summed E-state index contributed by atoms with van der Waals surface area (Å²) in [6, 6.07) is 4.31. The number of ether oxygens (including phenoxy) is 1. The average Bonchev–Trinajstić information content (AvgIpc) is 2.43. The van der Waals surface area contributed by atoms with Crippen molar-refractivity contribution >= 4 is 15.9 Å². The predicted octanol–water partition coefficient (Wildman–Crippen LogP) is 4.63. The van der Waals surface area contributed by atoms with Gasteiger partial charge in [-0.2, -0.15) is 13.2 Å². The molecule has 2 rings (SSSR count). The second kappa shape index (κ2) is 7.49. The fourth-order valence-corrected chi connectivity index (χ4v) is 3.20. The molecule has 0 amide bonds. The van der Waals surface area contributed by atoms with E-state index in [2.05, 4.69) is 21.2 Å². The van der Waals surface area contributed by atoms with Crippen molar-refractivity contribution in [3.63, 3.8) is 0 Å². The van der Waals surface area contributed by atoms with Crippen molar-refractivity contribution in [2.24, 2.45) is 5.92 Å². The largest absolute Gasteiger partial charge is 0.493 e. The van der Waals surface area contributed by atoms with E-state index in [1.807, 2.05) is 0 Å². The van der Waals surface area contributed by atoms with Crippen molar-refractivity contribution in [1.82, 2.24) is 5.32 Å². The Morgan fingerprint density at radius 1 is 1.24 bits per heavy atom. The van der Waals surface area contributed by atoms with Crippen molar-refractivity contribution in [1.29, 1.82) is 0 Å². The van der Waals surface area contributed by atoms with Gasteiger partial charge in [-0.05, 0) is 56.8 Å². The Kier molecular flexibility index (Phi) is 5.93. The topological polar surface area (TPSA) is 21.3 Å². The van der Waals surface area contributed by atoms with E-state index in [1.165, 1.54) is 12.1 Å². The van der Waals surface area contributed by atoms with Gasteiger partial charge in [-0.15, -0.1) is 0 Å². The lowest BCUT2D eigenvalue weighted by atomic mass is 9.93. The second-order valence-corrected chi connectivity index (χ2v) is 6.15. The number of hydrogen-bond acceptors (Lipinski definition) is 2. The van der Waals surface area contributed by atoms with E-state index in [0.29, 0.717) is 12.5 Å². The normalized spacial score (nSPS) is 17.0. The number of piperidine rings is 1. The van der Waals surface area contributed by atoms with E-state index in [4.69, 9.17) is 4.74 Å². The summed E-state index contributed by atoms with van der Waals surface area (Å²) in [5.74, 6) is 0.571. The van der Waals surface area contributed by atoms with Crippen LogP contribution in [0.25, 0.3) is 0 Å². The van der Waals surface area contributed by atoms with Crippen LogP contribution < -0.4 is 10.1 Å². The summed E-state index contributed by atoms with van der Waals surface area (Å²) in [5, 5.41) is 3.30.